The molecule has 1 aliphatic rings. The van der Waals surface area contributed by atoms with Gasteiger partial charge in [-0.15, -0.1) is 0 Å². The van der Waals surface area contributed by atoms with Crippen LogP contribution in [0.25, 0.3) is 0 Å². The zero-order chi connectivity index (χ0) is 20.1. The lowest BCUT2D eigenvalue weighted by molar-refractivity contribution is 0.0601. The van der Waals surface area contributed by atoms with Gasteiger partial charge in [0.05, 0.1) is 31.2 Å². The van der Waals surface area contributed by atoms with Crippen molar-refractivity contribution in [3.63, 3.8) is 0 Å². The van der Waals surface area contributed by atoms with Crippen LogP contribution in [0.15, 0.2) is 67.0 Å². The van der Waals surface area contributed by atoms with Crippen molar-refractivity contribution in [2.45, 2.75) is 12.3 Å². The molecule has 1 N–H and O–H groups in total. The Morgan fingerprint density at radius 1 is 1.17 bits per heavy atom. The lowest BCUT2D eigenvalue weighted by Gasteiger charge is -2.27. The van der Waals surface area contributed by atoms with Gasteiger partial charge in [-0.3, -0.25) is 4.98 Å². The fraction of sp³-hybridized carbons (Fsp3) is 0.217. The number of hydrogen-bond donors (Lipinski definition) is 1. The maximum absolute atomic E-state index is 11.9. The molecule has 1 aliphatic heterocycles. The number of nitrogens with one attached hydrogen (secondary N) is 1. The maximum atomic E-state index is 11.9. The molecule has 4 rings (SSSR count). The zero-order valence-electron chi connectivity index (χ0n) is 16.1. The molecule has 0 amide bonds. The summed E-state index contributed by atoms with van der Waals surface area (Å²) in [6.07, 6.45) is 4.10. The average molecular weight is 390 g/mol. The van der Waals surface area contributed by atoms with Crippen LogP contribution in [0.5, 0.6) is 17.2 Å². The second-order valence-electron chi connectivity index (χ2n) is 6.74. The van der Waals surface area contributed by atoms with Crippen LogP contribution in [0, 0.1) is 0 Å². The van der Waals surface area contributed by atoms with Gasteiger partial charge in [0.2, 0.25) is 0 Å². The smallest absolute Gasteiger partial charge is 0.340 e. The first-order valence-electron chi connectivity index (χ1n) is 9.50. The average Bonchev–Trinajstić information content (AvgIpc) is 2.78. The van der Waals surface area contributed by atoms with E-state index in [1.165, 1.54) is 7.11 Å². The van der Waals surface area contributed by atoms with Crippen LogP contribution in [0.3, 0.4) is 0 Å². The summed E-state index contributed by atoms with van der Waals surface area (Å²) in [7, 11) is 1.37. The molecule has 2 heterocycles. The van der Waals surface area contributed by atoms with Crippen molar-refractivity contribution in [1.29, 1.82) is 0 Å². The van der Waals surface area contributed by atoms with Crippen LogP contribution in [0.4, 0.5) is 5.69 Å². The van der Waals surface area contributed by atoms with Gasteiger partial charge in [0.1, 0.15) is 17.2 Å². The van der Waals surface area contributed by atoms with Crippen molar-refractivity contribution in [3.8, 4) is 17.2 Å². The molecular weight excluding hydrogens is 368 g/mol. The molecule has 2 aromatic carbocycles. The number of nitrogens with zero attached hydrogens (tertiary/aromatic N) is 1. The number of anilines is 1. The summed E-state index contributed by atoms with van der Waals surface area (Å²) >= 11 is 0. The van der Waals surface area contributed by atoms with E-state index < -0.39 is 0 Å². The molecule has 0 bridgehead atoms. The lowest BCUT2D eigenvalue weighted by Crippen LogP contribution is -2.21. The van der Waals surface area contributed by atoms with Crippen molar-refractivity contribution in [2.75, 3.05) is 25.6 Å². The van der Waals surface area contributed by atoms with E-state index in [-0.39, 0.29) is 11.9 Å². The SMILES string of the molecule is COC(=O)c1ccncc1NCC1CCOc2cc(Oc3ccccc3)ccc21. The third kappa shape index (κ3) is 4.32. The number of pyridine rings is 1. The number of carbonyl (C=O) groups excluding carboxylic acids is 1. The molecule has 0 saturated heterocycles. The number of fused-ring (bicyclic) bond motifs is 1. The van der Waals surface area contributed by atoms with Gasteiger partial charge < -0.3 is 19.5 Å². The number of methoxy groups -OCH3 is 1. The number of carbonyl (C=O) groups is 1. The van der Waals surface area contributed by atoms with Gasteiger partial charge in [0, 0.05) is 24.7 Å². The van der Waals surface area contributed by atoms with Gasteiger partial charge >= 0.3 is 5.97 Å². The van der Waals surface area contributed by atoms with E-state index in [0.29, 0.717) is 24.4 Å². The van der Waals surface area contributed by atoms with Crippen LogP contribution < -0.4 is 14.8 Å². The Morgan fingerprint density at radius 2 is 2.03 bits per heavy atom. The van der Waals surface area contributed by atoms with Crippen molar-refractivity contribution < 1.29 is 19.0 Å². The Labute approximate surface area is 169 Å². The summed E-state index contributed by atoms with van der Waals surface area (Å²) in [5.41, 5.74) is 2.26. The van der Waals surface area contributed by atoms with Crippen molar-refractivity contribution in [2.24, 2.45) is 0 Å². The van der Waals surface area contributed by atoms with Gasteiger partial charge in [-0.25, -0.2) is 4.79 Å². The highest BCUT2D eigenvalue weighted by Gasteiger charge is 2.23. The van der Waals surface area contributed by atoms with Gasteiger partial charge in [-0.1, -0.05) is 24.3 Å². The standard InChI is InChI=1S/C23H22N2O4/c1-27-23(26)20-9-11-24-15-21(20)25-14-16-10-12-28-22-13-18(7-8-19(16)22)29-17-5-3-2-4-6-17/h2-9,11,13,15-16,25H,10,12,14H2,1H3. The molecule has 6 heteroatoms. The molecule has 1 atom stereocenters. The Kier molecular flexibility index (Phi) is 5.61. The number of para-hydroxylation sites is 1. The molecule has 3 aromatic rings. The van der Waals surface area contributed by atoms with E-state index in [0.717, 1.165) is 29.2 Å². The van der Waals surface area contributed by atoms with Crippen LogP contribution in [0.2, 0.25) is 0 Å². The third-order valence-corrected chi connectivity index (χ3v) is 4.89. The number of hydrogen-bond acceptors (Lipinski definition) is 6. The first-order chi connectivity index (χ1) is 14.2. The highest BCUT2D eigenvalue weighted by molar-refractivity contribution is 5.95. The normalized spacial score (nSPS) is 15.0. The maximum Gasteiger partial charge on any atom is 0.340 e. The molecule has 29 heavy (non-hydrogen) atoms. The number of rotatable bonds is 6. The van der Waals surface area contributed by atoms with Crippen LogP contribution in [0.1, 0.15) is 28.3 Å². The molecule has 6 nitrogen and oxygen atoms in total. The van der Waals surface area contributed by atoms with Gasteiger partial charge in [-0.05, 0) is 36.2 Å². The first kappa shape index (κ1) is 18.8. The molecule has 0 aliphatic carbocycles. The van der Waals surface area contributed by atoms with E-state index in [2.05, 4.69) is 10.3 Å². The monoisotopic (exact) mass is 390 g/mol. The quantitative estimate of drug-likeness (QED) is 0.619. The predicted molar refractivity (Wildman–Crippen MR) is 110 cm³/mol. The summed E-state index contributed by atoms with van der Waals surface area (Å²) < 4.78 is 16.6. The molecule has 1 unspecified atom stereocenters. The number of benzene rings is 2. The molecule has 0 fully saturated rings. The minimum atomic E-state index is -0.384. The largest absolute Gasteiger partial charge is 0.493 e. The van der Waals surface area contributed by atoms with Gasteiger partial charge in [0.25, 0.3) is 0 Å². The third-order valence-electron chi connectivity index (χ3n) is 4.89. The van der Waals surface area contributed by atoms with Crippen molar-refractivity contribution >= 4 is 11.7 Å². The summed E-state index contributed by atoms with van der Waals surface area (Å²) in [6, 6.07) is 17.2. The fourth-order valence-corrected chi connectivity index (χ4v) is 3.40. The molecular formula is C23H22N2O4. The second kappa shape index (κ2) is 8.65. The van der Waals surface area contributed by atoms with Gasteiger partial charge in [-0.2, -0.15) is 0 Å². The summed E-state index contributed by atoms with van der Waals surface area (Å²) in [5.74, 6) is 2.22. The van der Waals surface area contributed by atoms with Crippen molar-refractivity contribution in [3.05, 3.63) is 78.1 Å². The first-order valence-corrected chi connectivity index (χ1v) is 9.50. The number of aromatic nitrogens is 1. The Morgan fingerprint density at radius 3 is 2.86 bits per heavy atom. The Bertz CT molecular complexity index is 991. The number of esters is 1. The zero-order valence-corrected chi connectivity index (χ0v) is 16.1. The van der Waals surface area contributed by atoms with E-state index >= 15 is 0 Å². The summed E-state index contributed by atoms with van der Waals surface area (Å²) in [5, 5.41) is 3.34. The number of ether oxygens (including phenoxy) is 3. The Hall–Kier alpha value is -3.54. The fourth-order valence-electron chi connectivity index (χ4n) is 3.40. The van der Waals surface area contributed by atoms with Crippen molar-refractivity contribution in [1.82, 2.24) is 4.98 Å². The van der Waals surface area contributed by atoms with E-state index in [1.54, 1.807) is 18.5 Å². The molecule has 0 spiro atoms. The minimum Gasteiger partial charge on any atom is -0.493 e. The van der Waals surface area contributed by atoms with Gasteiger partial charge in [0.15, 0.2) is 0 Å². The highest BCUT2D eigenvalue weighted by atomic mass is 16.5. The second-order valence-corrected chi connectivity index (χ2v) is 6.74. The molecule has 0 saturated carbocycles. The highest BCUT2D eigenvalue weighted by Crippen LogP contribution is 2.37. The van der Waals surface area contributed by atoms with E-state index in [1.807, 2.05) is 48.5 Å². The minimum absolute atomic E-state index is 0.246. The Balaban J connectivity index is 1.48. The predicted octanol–water partition coefficient (Wildman–Crippen LogP) is 4.64. The van der Waals surface area contributed by atoms with E-state index in [4.69, 9.17) is 14.2 Å². The summed E-state index contributed by atoms with van der Waals surface area (Å²) in [6.45, 7) is 1.29. The molecule has 1 aromatic heterocycles. The van der Waals surface area contributed by atoms with Crippen LogP contribution >= 0.6 is 0 Å². The van der Waals surface area contributed by atoms with E-state index in [9.17, 15) is 4.79 Å². The molecule has 0 radical (unpaired) electrons. The van der Waals surface area contributed by atoms with Crippen LogP contribution in [-0.2, 0) is 4.74 Å². The summed E-state index contributed by atoms with van der Waals surface area (Å²) in [4.78, 5) is 16.1. The lowest BCUT2D eigenvalue weighted by atomic mass is 9.93. The molecule has 148 valence electrons. The topological polar surface area (TPSA) is 69.7 Å². The van der Waals surface area contributed by atoms with Crippen LogP contribution in [-0.4, -0.2) is 31.2 Å².